The van der Waals surface area contributed by atoms with Gasteiger partial charge in [0.1, 0.15) is 0 Å². The fourth-order valence-corrected chi connectivity index (χ4v) is 3.47. The molecular weight excluding hydrogens is 234 g/mol. The maximum absolute atomic E-state index is 11.0. The summed E-state index contributed by atoms with van der Waals surface area (Å²) in [6, 6.07) is 8.39. The molecule has 0 bridgehead atoms. The maximum Gasteiger partial charge on any atom is 0.0899 e. The summed E-state index contributed by atoms with van der Waals surface area (Å²) in [7, 11) is 0. The molecule has 1 saturated carbocycles. The van der Waals surface area contributed by atoms with Gasteiger partial charge in [-0.25, -0.2) is 0 Å². The third kappa shape index (κ3) is 2.30. The topological polar surface area (TPSA) is 36.0 Å². The van der Waals surface area contributed by atoms with E-state index in [2.05, 4.69) is 43.1 Å². The van der Waals surface area contributed by atoms with E-state index in [0.717, 1.165) is 30.3 Å². The number of fused-ring (bicyclic) bond motifs is 1. The van der Waals surface area contributed by atoms with Crippen molar-refractivity contribution in [3.05, 3.63) is 36.0 Å². The predicted octanol–water partition coefficient (Wildman–Crippen LogP) is 4.20. The normalized spacial score (nSPS) is 28.1. The Bertz CT molecular complexity index is 571. The highest BCUT2D eigenvalue weighted by Gasteiger charge is 2.36. The molecule has 0 amide bonds. The van der Waals surface area contributed by atoms with Crippen LogP contribution in [0, 0.1) is 11.8 Å². The van der Waals surface area contributed by atoms with E-state index >= 15 is 0 Å². The Morgan fingerprint density at radius 2 is 2.16 bits per heavy atom. The minimum Gasteiger partial charge on any atom is -0.385 e. The second kappa shape index (κ2) is 4.68. The average Bonchev–Trinajstić information content (AvgIpc) is 2.86. The molecule has 102 valence electrons. The van der Waals surface area contributed by atoms with Crippen molar-refractivity contribution in [2.75, 3.05) is 0 Å². The predicted molar refractivity (Wildman–Crippen MR) is 79.0 cm³/mol. The maximum atomic E-state index is 11.0. The van der Waals surface area contributed by atoms with Gasteiger partial charge in [0.25, 0.3) is 0 Å². The highest BCUT2D eigenvalue weighted by Crippen LogP contribution is 2.42. The first-order chi connectivity index (χ1) is 9.08. The largest absolute Gasteiger partial charge is 0.385 e. The molecule has 1 aromatic heterocycles. The molecule has 1 aliphatic carbocycles. The van der Waals surface area contributed by atoms with Gasteiger partial charge in [-0.05, 0) is 66.7 Å². The van der Waals surface area contributed by atoms with E-state index in [1.54, 1.807) is 0 Å². The summed E-state index contributed by atoms with van der Waals surface area (Å²) in [4.78, 5) is 3.21. The number of H-pyrrole nitrogens is 1. The Morgan fingerprint density at radius 3 is 2.95 bits per heavy atom. The first-order valence-electron chi connectivity index (χ1n) is 7.38. The lowest BCUT2D eigenvalue weighted by Crippen LogP contribution is -2.34. The average molecular weight is 257 g/mol. The number of nitrogens with one attached hydrogen (secondary N) is 1. The van der Waals surface area contributed by atoms with Crippen LogP contribution in [0.1, 0.15) is 45.1 Å². The van der Waals surface area contributed by atoms with Gasteiger partial charge in [0.05, 0.1) is 5.60 Å². The quantitative estimate of drug-likeness (QED) is 0.831. The van der Waals surface area contributed by atoms with Crippen LogP contribution in [0.2, 0.25) is 0 Å². The van der Waals surface area contributed by atoms with Crippen molar-refractivity contribution in [1.82, 2.24) is 4.98 Å². The van der Waals surface area contributed by atoms with E-state index < -0.39 is 5.60 Å². The van der Waals surface area contributed by atoms with Crippen LogP contribution in [0.5, 0.6) is 0 Å². The van der Waals surface area contributed by atoms with Crippen LogP contribution in [-0.4, -0.2) is 10.1 Å². The fourth-order valence-electron chi connectivity index (χ4n) is 3.47. The monoisotopic (exact) mass is 257 g/mol. The van der Waals surface area contributed by atoms with Crippen molar-refractivity contribution in [1.29, 1.82) is 0 Å². The number of aromatic amines is 1. The Labute approximate surface area is 114 Å². The summed E-state index contributed by atoms with van der Waals surface area (Å²) < 4.78 is 0. The Morgan fingerprint density at radius 1 is 1.32 bits per heavy atom. The lowest BCUT2D eigenvalue weighted by molar-refractivity contribution is -0.0294. The molecule has 1 aromatic carbocycles. The van der Waals surface area contributed by atoms with E-state index in [9.17, 15) is 5.11 Å². The second-order valence-corrected chi connectivity index (χ2v) is 6.41. The van der Waals surface area contributed by atoms with Crippen LogP contribution in [0.25, 0.3) is 10.9 Å². The molecule has 0 radical (unpaired) electrons. The molecule has 2 nitrogen and oxygen atoms in total. The van der Waals surface area contributed by atoms with Crippen LogP contribution in [0.4, 0.5) is 0 Å². The summed E-state index contributed by atoms with van der Waals surface area (Å²) in [5.74, 6) is 1.29. The van der Waals surface area contributed by atoms with Gasteiger partial charge in [0.15, 0.2) is 0 Å². The van der Waals surface area contributed by atoms with Crippen LogP contribution >= 0.6 is 0 Å². The van der Waals surface area contributed by atoms with Gasteiger partial charge in [-0.2, -0.15) is 0 Å². The molecule has 0 aliphatic heterocycles. The number of rotatable bonds is 2. The van der Waals surface area contributed by atoms with Gasteiger partial charge >= 0.3 is 0 Å². The molecule has 2 heteroatoms. The van der Waals surface area contributed by atoms with Gasteiger partial charge in [-0.3, -0.25) is 0 Å². The SMILES string of the molecule is CC(C)C1CCCC(O)(c2ccc3[nH]ccc3c2)C1. The summed E-state index contributed by atoms with van der Waals surface area (Å²) in [5, 5.41) is 12.2. The minimum absolute atomic E-state index is 0.626. The van der Waals surface area contributed by atoms with Gasteiger partial charge < -0.3 is 10.1 Å². The molecule has 3 rings (SSSR count). The van der Waals surface area contributed by atoms with Crippen LogP contribution in [0.15, 0.2) is 30.5 Å². The van der Waals surface area contributed by atoms with Gasteiger partial charge in [-0.1, -0.05) is 19.9 Å². The van der Waals surface area contributed by atoms with Gasteiger partial charge in [0, 0.05) is 11.7 Å². The van der Waals surface area contributed by atoms with E-state index in [4.69, 9.17) is 0 Å². The lowest BCUT2D eigenvalue weighted by Gasteiger charge is -2.39. The van der Waals surface area contributed by atoms with Crippen molar-refractivity contribution in [3.63, 3.8) is 0 Å². The molecule has 1 fully saturated rings. The molecule has 1 heterocycles. The highest BCUT2D eigenvalue weighted by molar-refractivity contribution is 5.80. The Hall–Kier alpha value is -1.28. The standard InChI is InChI=1S/C17H23NO/c1-12(2)14-4-3-8-17(19,11-14)15-5-6-16-13(10-15)7-9-18-16/h5-7,9-10,12,14,18-19H,3-4,8,11H2,1-2H3. The Balaban J connectivity index is 1.94. The van der Waals surface area contributed by atoms with Crippen LogP contribution in [-0.2, 0) is 5.60 Å². The van der Waals surface area contributed by atoms with E-state index in [1.807, 2.05) is 6.20 Å². The van der Waals surface area contributed by atoms with Gasteiger partial charge in [0.2, 0.25) is 0 Å². The third-order valence-electron chi connectivity index (χ3n) is 4.80. The minimum atomic E-state index is -0.626. The molecule has 0 saturated heterocycles. The van der Waals surface area contributed by atoms with Crippen molar-refractivity contribution >= 4 is 10.9 Å². The smallest absolute Gasteiger partial charge is 0.0899 e. The summed E-state index contributed by atoms with van der Waals surface area (Å²) in [6.07, 6.45) is 6.14. The zero-order valence-electron chi connectivity index (χ0n) is 11.8. The molecular formula is C17H23NO. The number of hydrogen-bond donors (Lipinski definition) is 2. The number of benzene rings is 1. The summed E-state index contributed by atoms with van der Waals surface area (Å²) in [6.45, 7) is 4.54. The zero-order valence-corrected chi connectivity index (χ0v) is 11.8. The first kappa shape index (κ1) is 12.7. The molecule has 1 aliphatic rings. The molecule has 0 spiro atoms. The lowest BCUT2D eigenvalue weighted by atomic mass is 9.71. The van der Waals surface area contributed by atoms with Crippen molar-refractivity contribution in [3.8, 4) is 0 Å². The number of aliphatic hydroxyl groups is 1. The summed E-state index contributed by atoms with van der Waals surface area (Å²) in [5.41, 5.74) is 1.60. The first-order valence-corrected chi connectivity index (χ1v) is 7.38. The van der Waals surface area contributed by atoms with Crippen molar-refractivity contribution in [2.24, 2.45) is 11.8 Å². The van der Waals surface area contributed by atoms with Crippen LogP contribution in [0.3, 0.4) is 0 Å². The van der Waals surface area contributed by atoms with E-state index in [-0.39, 0.29) is 0 Å². The third-order valence-corrected chi connectivity index (χ3v) is 4.80. The van der Waals surface area contributed by atoms with Crippen LogP contribution < -0.4 is 0 Å². The van der Waals surface area contributed by atoms with Crippen molar-refractivity contribution in [2.45, 2.75) is 45.1 Å². The van der Waals surface area contributed by atoms with E-state index in [0.29, 0.717) is 11.8 Å². The molecule has 2 atom stereocenters. The molecule has 2 aromatic rings. The highest BCUT2D eigenvalue weighted by atomic mass is 16.3. The Kier molecular flexibility index (Phi) is 3.14. The van der Waals surface area contributed by atoms with Crippen molar-refractivity contribution < 1.29 is 5.11 Å². The molecule has 2 unspecified atom stereocenters. The zero-order chi connectivity index (χ0) is 13.5. The number of aromatic nitrogens is 1. The number of hydrogen-bond acceptors (Lipinski definition) is 1. The molecule has 19 heavy (non-hydrogen) atoms. The second-order valence-electron chi connectivity index (χ2n) is 6.41. The van der Waals surface area contributed by atoms with Gasteiger partial charge in [-0.15, -0.1) is 0 Å². The molecule has 2 N–H and O–H groups in total. The van der Waals surface area contributed by atoms with E-state index in [1.165, 1.54) is 11.8 Å². The fraction of sp³-hybridized carbons (Fsp3) is 0.529. The summed E-state index contributed by atoms with van der Waals surface area (Å²) >= 11 is 0.